The highest BCUT2D eigenvalue weighted by atomic mass is 16.3. The fourth-order valence-corrected chi connectivity index (χ4v) is 6.87. The third-order valence-electron chi connectivity index (χ3n) is 8.45. The number of hydrogen-bond donors (Lipinski definition) is 1. The summed E-state index contributed by atoms with van der Waals surface area (Å²) in [4.78, 5) is 11.9. The van der Waals surface area contributed by atoms with Crippen LogP contribution < -0.4 is 0 Å². The molecular formula is C21H34O2. The van der Waals surface area contributed by atoms with Crippen LogP contribution in [0.4, 0.5) is 0 Å². The van der Waals surface area contributed by atoms with Gasteiger partial charge in [-0.05, 0) is 84.7 Å². The summed E-state index contributed by atoms with van der Waals surface area (Å²) in [6, 6.07) is 0. The van der Waals surface area contributed by atoms with E-state index in [1.807, 2.05) is 0 Å². The van der Waals surface area contributed by atoms with Gasteiger partial charge in [0.15, 0.2) is 5.78 Å². The summed E-state index contributed by atoms with van der Waals surface area (Å²) in [5.41, 5.74) is 1.63. The first kappa shape index (κ1) is 17.2. The number of aliphatic hydroxyl groups is 1. The summed E-state index contributed by atoms with van der Waals surface area (Å²) in [6.07, 6.45) is 9.28. The third kappa shape index (κ3) is 2.20. The molecule has 4 rings (SSSR count). The highest BCUT2D eigenvalue weighted by Crippen LogP contribution is 2.66. The maximum atomic E-state index is 11.9. The minimum absolute atomic E-state index is 0. The van der Waals surface area contributed by atoms with Crippen molar-refractivity contribution in [3.63, 3.8) is 0 Å². The molecule has 130 valence electrons. The van der Waals surface area contributed by atoms with Gasteiger partial charge in [0.05, 0.1) is 6.10 Å². The quantitative estimate of drug-likeness (QED) is 0.699. The van der Waals surface area contributed by atoms with E-state index >= 15 is 0 Å². The monoisotopic (exact) mass is 318 g/mol. The summed E-state index contributed by atoms with van der Waals surface area (Å²) >= 11 is 0. The molecule has 7 atom stereocenters. The molecule has 4 aliphatic rings. The molecule has 2 heteroatoms. The average molecular weight is 319 g/mol. The van der Waals surface area contributed by atoms with Gasteiger partial charge in [-0.2, -0.15) is 0 Å². The van der Waals surface area contributed by atoms with Crippen molar-refractivity contribution in [1.29, 1.82) is 0 Å². The largest absolute Gasteiger partial charge is 0.389 e. The van der Waals surface area contributed by atoms with E-state index in [1.165, 1.54) is 25.7 Å². The van der Waals surface area contributed by atoms with Crippen molar-refractivity contribution in [2.45, 2.75) is 79.2 Å². The van der Waals surface area contributed by atoms with Crippen molar-refractivity contribution >= 4 is 5.78 Å². The van der Waals surface area contributed by atoms with Gasteiger partial charge in [0.2, 0.25) is 0 Å². The first-order valence-electron chi connectivity index (χ1n) is 9.29. The van der Waals surface area contributed by atoms with Gasteiger partial charge >= 0.3 is 0 Å². The zero-order chi connectivity index (χ0) is 15.7. The topological polar surface area (TPSA) is 37.3 Å². The average Bonchev–Trinajstić information content (AvgIpc) is 2.77. The maximum Gasteiger partial charge on any atom is 0.155 e. The number of hydrogen-bond acceptors (Lipinski definition) is 2. The Labute approximate surface area is 141 Å². The van der Waals surface area contributed by atoms with Crippen molar-refractivity contribution in [3.8, 4) is 0 Å². The molecule has 0 aliphatic heterocycles. The van der Waals surface area contributed by atoms with Crippen LogP contribution in [0.5, 0.6) is 0 Å². The minimum atomic E-state index is -0.381. The molecule has 4 aliphatic carbocycles. The first-order valence-corrected chi connectivity index (χ1v) is 9.29. The second-order valence-corrected chi connectivity index (χ2v) is 9.13. The first-order chi connectivity index (χ1) is 10.4. The molecule has 23 heavy (non-hydrogen) atoms. The Balaban J connectivity index is 0.00000156. The molecule has 0 heterocycles. The second kappa shape index (κ2) is 5.44. The highest BCUT2D eigenvalue weighted by Gasteiger charge is 2.59. The number of aliphatic hydroxyl groups excluding tert-OH is 1. The Morgan fingerprint density at radius 2 is 1.87 bits per heavy atom. The van der Waals surface area contributed by atoms with E-state index < -0.39 is 0 Å². The van der Waals surface area contributed by atoms with Crippen LogP contribution in [0.15, 0.2) is 11.6 Å². The predicted octanol–water partition coefficient (Wildman–Crippen LogP) is 4.76. The highest BCUT2D eigenvalue weighted by molar-refractivity contribution is 5.91. The lowest BCUT2D eigenvalue weighted by atomic mass is 9.46. The van der Waals surface area contributed by atoms with Crippen molar-refractivity contribution < 1.29 is 9.90 Å². The van der Waals surface area contributed by atoms with Gasteiger partial charge in [-0.25, -0.2) is 0 Å². The van der Waals surface area contributed by atoms with Gasteiger partial charge in [0, 0.05) is 6.42 Å². The number of carbonyl (C=O) groups is 1. The Morgan fingerprint density at radius 1 is 1.13 bits per heavy atom. The van der Waals surface area contributed by atoms with Crippen LogP contribution in [-0.4, -0.2) is 17.0 Å². The van der Waals surface area contributed by atoms with E-state index in [4.69, 9.17) is 0 Å². The molecule has 2 nitrogen and oxygen atoms in total. The van der Waals surface area contributed by atoms with E-state index in [0.29, 0.717) is 23.7 Å². The molecule has 0 aromatic carbocycles. The van der Waals surface area contributed by atoms with Crippen LogP contribution in [0.25, 0.3) is 0 Å². The number of fused-ring (bicyclic) bond motifs is 5. The smallest absolute Gasteiger partial charge is 0.155 e. The fourth-order valence-electron chi connectivity index (χ4n) is 6.87. The van der Waals surface area contributed by atoms with Crippen LogP contribution >= 0.6 is 0 Å². The summed E-state index contributed by atoms with van der Waals surface area (Å²) < 4.78 is 0. The van der Waals surface area contributed by atoms with Gasteiger partial charge in [-0.15, -0.1) is 0 Å². The normalized spacial score (nSPS) is 51.9. The molecule has 3 saturated carbocycles. The molecule has 3 fully saturated rings. The molecule has 1 N–H and O–H groups in total. The van der Waals surface area contributed by atoms with Crippen molar-refractivity contribution in [2.24, 2.45) is 34.5 Å². The fraction of sp³-hybridized carbons (Fsp3) is 0.857. The van der Waals surface area contributed by atoms with E-state index in [0.717, 1.165) is 30.3 Å². The standard InChI is InChI=1S/C20H30O2.CH4/c1-12-4-5-15-14-11-18(22)17-10-13(21)6-8-20(17,3)16(14)7-9-19(12,15)2;/h10,12,14-16,18,22H,4-9,11H2,1-3H3;1H4/t12-,14?,15?,16?,18+,19+,20+;/m0./s1. The summed E-state index contributed by atoms with van der Waals surface area (Å²) in [7, 11) is 0. The van der Waals surface area contributed by atoms with Gasteiger partial charge < -0.3 is 5.11 Å². The van der Waals surface area contributed by atoms with Crippen molar-refractivity contribution in [1.82, 2.24) is 0 Å². The Kier molecular flexibility index (Phi) is 4.07. The summed E-state index contributed by atoms with van der Waals surface area (Å²) in [5, 5.41) is 10.8. The number of rotatable bonds is 0. The maximum absolute atomic E-state index is 11.9. The van der Waals surface area contributed by atoms with Crippen LogP contribution in [0.2, 0.25) is 0 Å². The number of ketones is 1. The van der Waals surface area contributed by atoms with E-state index in [9.17, 15) is 9.90 Å². The van der Waals surface area contributed by atoms with Gasteiger partial charge in [-0.1, -0.05) is 28.2 Å². The predicted molar refractivity (Wildman–Crippen MR) is 94.0 cm³/mol. The molecule has 0 bridgehead atoms. The van der Waals surface area contributed by atoms with Crippen LogP contribution in [-0.2, 0) is 4.79 Å². The molecule has 0 amide bonds. The zero-order valence-electron chi connectivity index (χ0n) is 14.3. The number of carbonyl (C=O) groups excluding carboxylic acids is 1. The van der Waals surface area contributed by atoms with E-state index in [1.54, 1.807) is 6.08 Å². The molecule has 3 unspecified atom stereocenters. The van der Waals surface area contributed by atoms with Gasteiger partial charge in [0.1, 0.15) is 0 Å². The van der Waals surface area contributed by atoms with E-state index in [-0.39, 0.29) is 24.7 Å². The lowest BCUT2D eigenvalue weighted by molar-refractivity contribution is -0.119. The minimum Gasteiger partial charge on any atom is -0.389 e. The molecule has 0 saturated heterocycles. The van der Waals surface area contributed by atoms with Crippen LogP contribution in [0.3, 0.4) is 0 Å². The van der Waals surface area contributed by atoms with Crippen molar-refractivity contribution in [3.05, 3.63) is 11.6 Å². The molecule has 0 aromatic heterocycles. The summed E-state index contributed by atoms with van der Waals surface area (Å²) in [6.45, 7) is 7.29. The molecule has 0 spiro atoms. The lowest BCUT2D eigenvalue weighted by Crippen LogP contribution is -2.53. The summed E-state index contributed by atoms with van der Waals surface area (Å²) in [5.74, 6) is 3.17. The SMILES string of the molecule is C.C[C@H]1CCC2C3C[C@@H](O)C4=CC(=O)CC[C@]4(C)C3CC[C@@]21C. The van der Waals surface area contributed by atoms with Crippen LogP contribution in [0.1, 0.15) is 73.1 Å². The van der Waals surface area contributed by atoms with Crippen molar-refractivity contribution in [2.75, 3.05) is 0 Å². The third-order valence-corrected chi connectivity index (χ3v) is 8.45. The Bertz CT molecular complexity index is 536. The Morgan fingerprint density at radius 3 is 2.61 bits per heavy atom. The molecular weight excluding hydrogens is 284 g/mol. The van der Waals surface area contributed by atoms with Gasteiger partial charge in [0.25, 0.3) is 0 Å². The lowest BCUT2D eigenvalue weighted by Gasteiger charge is -2.59. The molecule has 0 aromatic rings. The second-order valence-electron chi connectivity index (χ2n) is 9.13. The Hall–Kier alpha value is -0.630. The van der Waals surface area contributed by atoms with Crippen LogP contribution in [0, 0.1) is 34.5 Å². The zero-order valence-corrected chi connectivity index (χ0v) is 14.3. The molecule has 0 radical (unpaired) electrons. The van der Waals surface area contributed by atoms with Gasteiger partial charge in [-0.3, -0.25) is 4.79 Å². The van der Waals surface area contributed by atoms with E-state index in [2.05, 4.69) is 20.8 Å².